The smallest absolute Gasteiger partial charge is 0.251 e. The number of benzene rings is 2. The number of aromatic nitrogens is 2. The van der Waals surface area contributed by atoms with E-state index in [0.717, 1.165) is 47.7 Å². The molecule has 39 heavy (non-hydrogen) atoms. The maximum atomic E-state index is 13.3. The van der Waals surface area contributed by atoms with Crippen molar-refractivity contribution in [3.8, 4) is 17.0 Å². The van der Waals surface area contributed by atoms with Crippen molar-refractivity contribution < 1.29 is 14.3 Å². The van der Waals surface area contributed by atoms with Crippen molar-refractivity contribution in [3.05, 3.63) is 88.7 Å². The highest BCUT2D eigenvalue weighted by molar-refractivity contribution is 6.32. The number of rotatable bonds is 9. The zero-order valence-electron chi connectivity index (χ0n) is 22.7. The third-order valence-corrected chi connectivity index (χ3v) is 7.18. The summed E-state index contributed by atoms with van der Waals surface area (Å²) in [6.45, 7) is 9.82. The minimum absolute atomic E-state index is 0.00305. The average Bonchev–Trinajstić information content (AvgIpc) is 3.36. The number of pyridine rings is 1. The number of nitrogens with one attached hydrogen (secondary N) is 1. The number of ether oxygens (including phenoxy) is 2. The van der Waals surface area contributed by atoms with E-state index in [4.69, 9.17) is 26.1 Å². The first-order valence-electron chi connectivity index (χ1n) is 13.5. The Morgan fingerprint density at radius 1 is 1.13 bits per heavy atom. The van der Waals surface area contributed by atoms with Crippen LogP contribution in [0.3, 0.4) is 0 Å². The van der Waals surface area contributed by atoms with Crippen molar-refractivity contribution >= 4 is 23.2 Å². The molecular formula is C31H35ClN4O3. The number of hydrogen-bond acceptors (Lipinski definition) is 5. The summed E-state index contributed by atoms with van der Waals surface area (Å²) in [7, 11) is 0. The number of morpholine rings is 1. The molecule has 5 rings (SSSR count). The van der Waals surface area contributed by atoms with Gasteiger partial charge in [0, 0.05) is 49.2 Å². The summed E-state index contributed by atoms with van der Waals surface area (Å²) in [6, 6.07) is 17.7. The molecule has 4 aromatic rings. The monoisotopic (exact) mass is 546 g/mol. The summed E-state index contributed by atoms with van der Waals surface area (Å²) < 4.78 is 13.3. The molecule has 3 heterocycles. The Bertz CT molecular complexity index is 1430. The summed E-state index contributed by atoms with van der Waals surface area (Å²) >= 11 is 6.41. The summed E-state index contributed by atoms with van der Waals surface area (Å²) in [5.74, 6) is 0.428. The lowest BCUT2D eigenvalue weighted by atomic mass is 10.0. The van der Waals surface area contributed by atoms with Gasteiger partial charge in [-0.2, -0.15) is 0 Å². The predicted molar refractivity (Wildman–Crippen MR) is 155 cm³/mol. The lowest BCUT2D eigenvalue weighted by molar-refractivity contribution is 0.0333. The summed E-state index contributed by atoms with van der Waals surface area (Å²) in [5.41, 5.74) is 5.78. The van der Waals surface area contributed by atoms with Crippen molar-refractivity contribution in [2.24, 2.45) is 0 Å². The normalized spacial score (nSPS) is 15.0. The molecule has 0 spiro atoms. The predicted octanol–water partition coefficient (Wildman–Crippen LogP) is 5.42. The van der Waals surface area contributed by atoms with Gasteiger partial charge in [-0.05, 0) is 62.6 Å². The van der Waals surface area contributed by atoms with Gasteiger partial charge in [0.05, 0.1) is 30.0 Å². The maximum absolute atomic E-state index is 13.3. The minimum atomic E-state index is -0.150. The molecule has 0 radical (unpaired) electrons. The van der Waals surface area contributed by atoms with E-state index in [1.165, 1.54) is 0 Å². The van der Waals surface area contributed by atoms with Crippen molar-refractivity contribution in [3.63, 3.8) is 0 Å². The van der Waals surface area contributed by atoms with E-state index in [9.17, 15) is 4.79 Å². The van der Waals surface area contributed by atoms with E-state index in [0.29, 0.717) is 36.0 Å². The summed E-state index contributed by atoms with van der Waals surface area (Å²) in [6.07, 6.45) is 4.78. The third kappa shape index (κ3) is 6.79. The molecule has 2 aromatic heterocycles. The fourth-order valence-corrected chi connectivity index (χ4v) is 5.13. The molecule has 0 unspecified atom stereocenters. The number of amides is 1. The molecule has 8 heteroatoms. The van der Waals surface area contributed by atoms with Crippen LogP contribution in [0.25, 0.3) is 16.9 Å². The first-order chi connectivity index (χ1) is 18.9. The Morgan fingerprint density at radius 2 is 1.90 bits per heavy atom. The Balaban J connectivity index is 1.31. The van der Waals surface area contributed by atoms with E-state index >= 15 is 0 Å². The lowest BCUT2D eigenvalue weighted by Gasteiger charge is -2.31. The van der Waals surface area contributed by atoms with Gasteiger partial charge >= 0.3 is 0 Å². The van der Waals surface area contributed by atoms with Crippen LogP contribution in [0.1, 0.15) is 35.3 Å². The maximum Gasteiger partial charge on any atom is 0.251 e. The molecule has 1 aliphatic rings. The van der Waals surface area contributed by atoms with Crippen LogP contribution in [-0.4, -0.2) is 65.2 Å². The standard InChI is InChI=1S/C31H35ClN4O3/c1-21(2)39-29-11-10-25(18-27(29)32)31(37)33-26(19-35-13-15-38-16-14-35)17-23-6-8-24(9-7-23)28-20-36-12-4-5-22(3)30(36)34-28/h4-12,18,20-21,26H,13-17,19H2,1-3H3,(H,33,37)/t26-/m0/s1. The van der Waals surface area contributed by atoms with E-state index in [1.54, 1.807) is 18.2 Å². The molecule has 0 aliphatic carbocycles. The Hall–Kier alpha value is -3.39. The molecule has 0 saturated carbocycles. The van der Waals surface area contributed by atoms with Crippen LogP contribution in [0.2, 0.25) is 5.02 Å². The largest absolute Gasteiger partial charge is 0.489 e. The molecule has 1 fully saturated rings. The number of aryl methyl sites for hydroxylation is 1. The number of nitrogens with zero attached hydrogens (tertiary/aromatic N) is 3. The molecule has 1 amide bonds. The molecule has 204 valence electrons. The van der Waals surface area contributed by atoms with Crippen molar-refractivity contribution in [2.75, 3.05) is 32.8 Å². The Morgan fingerprint density at radius 3 is 2.59 bits per heavy atom. The van der Waals surface area contributed by atoms with Crippen LogP contribution in [0.5, 0.6) is 5.75 Å². The molecule has 1 saturated heterocycles. The van der Waals surface area contributed by atoms with Crippen LogP contribution in [0.15, 0.2) is 67.0 Å². The first-order valence-corrected chi connectivity index (χ1v) is 13.8. The number of fused-ring (bicyclic) bond motifs is 1. The molecule has 2 aromatic carbocycles. The van der Waals surface area contributed by atoms with E-state index < -0.39 is 0 Å². The quantitative estimate of drug-likeness (QED) is 0.303. The van der Waals surface area contributed by atoms with Crippen LogP contribution in [-0.2, 0) is 11.2 Å². The number of carbonyl (C=O) groups is 1. The van der Waals surface area contributed by atoms with Crippen molar-refractivity contribution in [1.82, 2.24) is 19.6 Å². The van der Waals surface area contributed by atoms with E-state index in [1.807, 2.05) is 26.1 Å². The highest BCUT2D eigenvalue weighted by atomic mass is 35.5. The van der Waals surface area contributed by atoms with Crippen molar-refractivity contribution in [1.29, 1.82) is 0 Å². The molecule has 1 N–H and O–H groups in total. The highest BCUT2D eigenvalue weighted by Gasteiger charge is 2.21. The number of halogens is 1. The minimum Gasteiger partial charge on any atom is -0.489 e. The molecule has 0 bridgehead atoms. The molecule has 1 aliphatic heterocycles. The molecular weight excluding hydrogens is 512 g/mol. The van der Waals surface area contributed by atoms with Gasteiger partial charge in [0.1, 0.15) is 11.4 Å². The fraction of sp³-hybridized carbons (Fsp3) is 0.355. The average molecular weight is 547 g/mol. The summed E-state index contributed by atoms with van der Waals surface area (Å²) in [5, 5.41) is 3.68. The van der Waals surface area contributed by atoms with E-state index in [-0.39, 0.29) is 18.1 Å². The Kier molecular flexibility index (Phi) is 8.50. The van der Waals surface area contributed by atoms with Gasteiger partial charge in [-0.1, -0.05) is 41.9 Å². The fourth-order valence-electron chi connectivity index (χ4n) is 4.91. The third-order valence-electron chi connectivity index (χ3n) is 6.88. The zero-order valence-corrected chi connectivity index (χ0v) is 23.4. The second kappa shape index (κ2) is 12.2. The van der Waals surface area contributed by atoms with E-state index in [2.05, 4.69) is 58.1 Å². The van der Waals surface area contributed by atoms with Crippen LogP contribution in [0, 0.1) is 6.92 Å². The molecule has 7 nitrogen and oxygen atoms in total. The highest BCUT2D eigenvalue weighted by Crippen LogP contribution is 2.27. The second-order valence-electron chi connectivity index (χ2n) is 10.3. The number of carbonyl (C=O) groups excluding carboxylic acids is 1. The van der Waals surface area contributed by atoms with Gasteiger partial charge in [-0.15, -0.1) is 0 Å². The topological polar surface area (TPSA) is 68.1 Å². The van der Waals surface area contributed by atoms with Crippen molar-refractivity contribution in [2.45, 2.75) is 39.3 Å². The first kappa shape index (κ1) is 27.2. The van der Waals surface area contributed by atoms with Crippen LogP contribution < -0.4 is 10.1 Å². The zero-order chi connectivity index (χ0) is 27.4. The van der Waals surface area contributed by atoms with Gasteiger partial charge in [-0.3, -0.25) is 9.69 Å². The number of hydrogen-bond donors (Lipinski definition) is 1. The van der Waals surface area contributed by atoms with Gasteiger partial charge in [0.25, 0.3) is 5.91 Å². The van der Waals surface area contributed by atoms with Gasteiger partial charge in [-0.25, -0.2) is 4.98 Å². The summed E-state index contributed by atoms with van der Waals surface area (Å²) in [4.78, 5) is 20.4. The molecule has 1 atom stereocenters. The number of imidazole rings is 1. The van der Waals surface area contributed by atoms with Crippen LogP contribution in [0.4, 0.5) is 0 Å². The SMILES string of the molecule is Cc1cccn2cc(-c3ccc(C[C@@H](CN4CCOCC4)NC(=O)c4ccc(OC(C)C)c(Cl)c4)cc3)nc12. The van der Waals surface area contributed by atoms with Gasteiger partial charge in [0.2, 0.25) is 0 Å². The van der Waals surface area contributed by atoms with Gasteiger partial charge in [0.15, 0.2) is 0 Å². The second-order valence-corrected chi connectivity index (χ2v) is 10.8. The Labute approximate surface area is 234 Å². The van der Waals surface area contributed by atoms with Gasteiger partial charge < -0.3 is 19.2 Å². The lowest BCUT2D eigenvalue weighted by Crippen LogP contribution is -2.48. The van der Waals surface area contributed by atoms with Crippen LogP contribution >= 0.6 is 11.6 Å².